The molecule has 0 radical (unpaired) electrons. The molecule has 0 rings (SSSR count). The van der Waals surface area contributed by atoms with Gasteiger partial charge in [-0.1, -0.05) is 27.7 Å². The van der Waals surface area contributed by atoms with E-state index in [1.165, 1.54) is 0 Å². The summed E-state index contributed by atoms with van der Waals surface area (Å²) in [4.78, 5) is 0. The highest BCUT2D eigenvalue weighted by atomic mass is 32.1. The summed E-state index contributed by atoms with van der Waals surface area (Å²) >= 11 is 0. The third-order valence-electron chi connectivity index (χ3n) is 2.84. The van der Waals surface area contributed by atoms with E-state index < -0.39 is 0 Å². The molecule has 0 saturated carbocycles. The summed E-state index contributed by atoms with van der Waals surface area (Å²) in [6, 6.07) is 0. The lowest BCUT2D eigenvalue weighted by atomic mass is 10.7. The van der Waals surface area contributed by atoms with Crippen LogP contribution in [0.3, 0.4) is 0 Å². The van der Waals surface area contributed by atoms with Gasteiger partial charge in [-0.25, -0.2) is 0 Å². The fourth-order valence-corrected chi connectivity index (χ4v) is 10.0. The van der Waals surface area contributed by atoms with Gasteiger partial charge in [0.25, 0.3) is 0 Å². The van der Waals surface area contributed by atoms with Crippen LogP contribution >= 0.6 is 15.8 Å². The molecular formula is C12H32N4P2. The Hall–Kier alpha value is 0.700. The van der Waals surface area contributed by atoms with Crippen molar-refractivity contribution in [2.45, 2.75) is 27.7 Å². The molecule has 0 aromatic heterocycles. The van der Waals surface area contributed by atoms with Crippen molar-refractivity contribution in [1.29, 1.82) is 0 Å². The maximum absolute atomic E-state index is 2.65. The minimum absolute atomic E-state index is 0.247. The highest BCUT2D eigenvalue weighted by molar-refractivity contribution is 8.25. The third kappa shape index (κ3) is 5.00. The molecule has 18 heavy (non-hydrogen) atoms. The largest absolute Gasteiger partial charge is 0.271 e. The van der Waals surface area contributed by atoms with E-state index in [0.29, 0.717) is 0 Å². The van der Waals surface area contributed by atoms with Crippen LogP contribution in [0.2, 0.25) is 0 Å². The van der Waals surface area contributed by atoms with Gasteiger partial charge in [-0.3, -0.25) is 18.7 Å². The van der Waals surface area contributed by atoms with Crippen molar-refractivity contribution >= 4 is 15.8 Å². The predicted molar refractivity (Wildman–Crippen MR) is 87.1 cm³/mol. The zero-order chi connectivity index (χ0) is 14.3. The van der Waals surface area contributed by atoms with Crippen LogP contribution in [0.25, 0.3) is 0 Å². The van der Waals surface area contributed by atoms with Crippen molar-refractivity contribution in [3.05, 3.63) is 0 Å². The molecule has 0 atom stereocenters. The molecule has 0 N–H and O–H groups in total. The van der Waals surface area contributed by atoms with E-state index in [-0.39, 0.29) is 15.8 Å². The Morgan fingerprint density at radius 3 is 1.00 bits per heavy atom. The maximum atomic E-state index is 2.65. The van der Waals surface area contributed by atoms with E-state index in [1.54, 1.807) is 0 Å². The van der Waals surface area contributed by atoms with Gasteiger partial charge >= 0.3 is 0 Å². The van der Waals surface area contributed by atoms with Gasteiger partial charge in [0.05, 0.1) is 15.8 Å². The Morgan fingerprint density at radius 2 is 0.833 bits per heavy atom. The standard InChI is InChI=1S/C12H32N4P2/c1-9-15(10-2)18(16(11-3)12-4)17(13(5)6)14(7)8/h9-12H2,1-8H3. The Bertz CT molecular complexity index is 186. The van der Waals surface area contributed by atoms with Crippen molar-refractivity contribution in [2.75, 3.05) is 54.4 Å². The quantitative estimate of drug-likeness (QED) is 0.605. The molecule has 0 bridgehead atoms. The van der Waals surface area contributed by atoms with Crippen molar-refractivity contribution in [2.24, 2.45) is 0 Å². The van der Waals surface area contributed by atoms with E-state index in [0.717, 1.165) is 26.2 Å². The second-order valence-electron chi connectivity index (χ2n) is 4.51. The van der Waals surface area contributed by atoms with Crippen LogP contribution in [0.4, 0.5) is 0 Å². The minimum atomic E-state index is -0.261. The molecule has 0 amide bonds. The van der Waals surface area contributed by atoms with Crippen molar-refractivity contribution < 1.29 is 0 Å². The van der Waals surface area contributed by atoms with Crippen LogP contribution in [0, 0.1) is 0 Å². The van der Waals surface area contributed by atoms with E-state index in [1.807, 2.05) is 0 Å². The summed E-state index contributed by atoms with van der Waals surface area (Å²) in [6.45, 7) is 13.7. The van der Waals surface area contributed by atoms with E-state index in [9.17, 15) is 0 Å². The first-order chi connectivity index (χ1) is 8.44. The number of hydrogen-bond acceptors (Lipinski definition) is 4. The van der Waals surface area contributed by atoms with Crippen LogP contribution < -0.4 is 0 Å². The molecular weight excluding hydrogens is 262 g/mol. The zero-order valence-corrected chi connectivity index (χ0v) is 15.3. The average molecular weight is 294 g/mol. The fourth-order valence-electron chi connectivity index (χ4n) is 2.04. The highest BCUT2D eigenvalue weighted by Crippen LogP contribution is 2.73. The maximum Gasteiger partial charge on any atom is 0.0974 e. The van der Waals surface area contributed by atoms with E-state index in [2.05, 4.69) is 74.6 Å². The fraction of sp³-hybridized carbons (Fsp3) is 1.00. The molecule has 0 aliphatic heterocycles. The molecule has 0 spiro atoms. The molecule has 0 aromatic carbocycles. The smallest absolute Gasteiger partial charge is 0.0974 e. The monoisotopic (exact) mass is 294 g/mol. The first kappa shape index (κ1) is 18.7. The van der Waals surface area contributed by atoms with Crippen molar-refractivity contribution in [3.8, 4) is 0 Å². The van der Waals surface area contributed by atoms with Crippen LogP contribution in [-0.4, -0.2) is 73.1 Å². The van der Waals surface area contributed by atoms with Gasteiger partial charge in [0.15, 0.2) is 0 Å². The molecule has 4 nitrogen and oxygen atoms in total. The van der Waals surface area contributed by atoms with Crippen LogP contribution in [0.5, 0.6) is 0 Å². The molecule has 0 fully saturated rings. The van der Waals surface area contributed by atoms with E-state index in [4.69, 9.17) is 0 Å². The molecule has 0 unspecified atom stereocenters. The summed E-state index contributed by atoms with van der Waals surface area (Å²) in [5.41, 5.74) is 0. The van der Waals surface area contributed by atoms with Gasteiger partial charge in [-0.2, -0.15) is 0 Å². The molecule has 0 aliphatic rings. The van der Waals surface area contributed by atoms with Gasteiger partial charge in [-0.15, -0.1) is 0 Å². The topological polar surface area (TPSA) is 13.0 Å². The summed E-state index contributed by atoms with van der Waals surface area (Å²) in [5, 5.41) is 0. The Kier molecular flexibility index (Phi) is 9.95. The van der Waals surface area contributed by atoms with Gasteiger partial charge in [-0.05, 0) is 28.2 Å². The number of hydrogen-bond donors (Lipinski definition) is 0. The van der Waals surface area contributed by atoms with Gasteiger partial charge in [0.2, 0.25) is 0 Å². The second kappa shape index (κ2) is 9.58. The Morgan fingerprint density at radius 1 is 0.556 bits per heavy atom. The summed E-state index contributed by atoms with van der Waals surface area (Å²) < 4.78 is 10.1. The predicted octanol–water partition coefficient (Wildman–Crippen LogP) is 3.33. The molecule has 0 saturated heterocycles. The Balaban J connectivity index is 5.26. The average Bonchev–Trinajstić information content (AvgIpc) is 2.30. The molecule has 0 aliphatic carbocycles. The SMILES string of the molecule is CCN(CC)P(N(CC)CC)P(N(C)C)N(C)C. The first-order valence-electron chi connectivity index (χ1n) is 6.88. The molecule has 110 valence electrons. The van der Waals surface area contributed by atoms with E-state index >= 15 is 0 Å². The number of nitrogens with zero attached hydrogens (tertiary/aromatic N) is 4. The van der Waals surface area contributed by atoms with Crippen molar-refractivity contribution in [3.63, 3.8) is 0 Å². The lowest BCUT2D eigenvalue weighted by Gasteiger charge is -2.46. The zero-order valence-electron chi connectivity index (χ0n) is 13.5. The van der Waals surface area contributed by atoms with Crippen LogP contribution in [0.1, 0.15) is 27.7 Å². The second-order valence-corrected chi connectivity index (χ2v) is 10.5. The van der Waals surface area contributed by atoms with Crippen molar-refractivity contribution in [1.82, 2.24) is 18.7 Å². The van der Waals surface area contributed by atoms with Gasteiger partial charge < -0.3 is 0 Å². The minimum Gasteiger partial charge on any atom is -0.271 e. The third-order valence-corrected chi connectivity index (χ3v) is 11.4. The lowest BCUT2D eigenvalue weighted by Crippen LogP contribution is -2.32. The van der Waals surface area contributed by atoms with Gasteiger partial charge in [0, 0.05) is 26.2 Å². The molecule has 6 heteroatoms. The Labute approximate surface area is 117 Å². The number of rotatable bonds is 9. The van der Waals surface area contributed by atoms with Crippen LogP contribution in [0.15, 0.2) is 0 Å². The summed E-state index contributed by atoms with van der Waals surface area (Å²) in [7, 11) is 8.36. The summed E-state index contributed by atoms with van der Waals surface area (Å²) in [5.74, 6) is 0. The molecule has 0 heterocycles. The van der Waals surface area contributed by atoms with Gasteiger partial charge in [0.1, 0.15) is 0 Å². The molecule has 0 aromatic rings. The van der Waals surface area contributed by atoms with Crippen LogP contribution in [-0.2, 0) is 0 Å². The summed E-state index contributed by atoms with van der Waals surface area (Å²) in [6.07, 6.45) is 0. The normalized spacial score (nSPS) is 13.0. The lowest BCUT2D eigenvalue weighted by molar-refractivity contribution is 0.429. The highest BCUT2D eigenvalue weighted by Gasteiger charge is 2.33. The first-order valence-corrected chi connectivity index (χ1v) is 10.1.